The molecule has 0 radical (unpaired) electrons. The van der Waals surface area contributed by atoms with Crippen LogP contribution in [0.1, 0.15) is 16.5 Å². The molecular formula is C12H11Cl2NS. The number of nitrogens with one attached hydrogen (secondary N) is 1. The highest BCUT2D eigenvalue weighted by Crippen LogP contribution is 2.35. The lowest BCUT2D eigenvalue weighted by Gasteiger charge is -2.17. The summed E-state index contributed by atoms with van der Waals surface area (Å²) in [6, 6.07) is 9.77. The first-order valence-electron chi connectivity index (χ1n) is 4.88. The number of hydrogen-bond donors (Lipinski definition) is 1. The first-order valence-corrected chi connectivity index (χ1v) is 6.52. The molecule has 4 heteroatoms. The van der Waals surface area contributed by atoms with Crippen molar-refractivity contribution in [2.24, 2.45) is 0 Å². The predicted molar refractivity (Wildman–Crippen MR) is 71.7 cm³/mol. The third kappa shape index (κ3) is 2.25. The van der Waals surface area contributed by atoms with Crippen LogP contribution in [-0.2, 0) is 0 Å². The molecule has 1 aromatic carbocycles. The summed E-state index contributed by atoms with van der Waals surface area (Å²) in [4.78, 5) is 1.09. The minimum absolute atomic E-state index is 0.0567. The minimum Gasteiger partial charge on any atom is -0.309 e. The van der Waals surface area contributed by atoms with Crippen LogP contribution in [-0.4, -0.2) is 7.05 Å². The zero-order valence-electron chi connectivity index (χ0n) is 8.71. The molecule has 1 nitrogen and oxygen atoms in total. The van der Waals surface area contributed by atoms with Crippen molar-refractivity contribution in [3.63, 3.8) is 0 Å². The molecule has 0 amide bonds. The van der Waals surface area contributed by atoms with Crippen LogP contribution >= 0.6 is 34.5 Å². The molecule has 1 aromatic heterocycles. The van der Waals surface area contributed by atoms with Crippen LogP contribution in [0.4, 0.5) is 0 Å². The average molecular weight is 272 g/mol. The van der Waals surface area contributed by atoms with Gasteiger partial charge < -0.3 is 5.32 Å². The Hall–Kier alpha value is -0.540. The highest BCUT2D eigenvalue weighted by molar-refractivity contribution is 7.10. The van der Waals surface area contributed by atoms with Crippen LogP contribution in [0.3, 0.4) is 0 Å². The highest BCUT2D eigenvalue weighted by Gasteiger charge is 2.18. The quantitative estimate of drug-likeness (QED) is 0.875. The van der Waals surface area contributed by atoms with Gasteiger partial charge in [0.1, 0.15) is 0 Å². The molecule has 0 saturated heterocycles. The molecule has 0 bridgehead atoms. The second-order valence-electron chi connectivity index (χ2n) is 3.38. The number of rotatable bonds is 3. The molecule has 1 heterocycles. The van der Waals surface area contributed by atoms with Gasteiger partial charge in [0.25, 0.3) is 0 Å². The van der Waals surface area contributed by atoms with Gasteiger partial charge in [-0.2, -0.15) is 0 Å². The summed E-state index contributed by atoms with van der Waals surface area (Å²) in [5.41, 5.74) is 1.05. The van der Waals surface area contributed by atoms with Crippen molar-refractivity contribution in [2.45, 2.75) is 6.04 Å². The molecule has 0 fully saturated rings. The predicted octanol–water partition coefficient (Wildman–Crippen LogP) is 4.36. The van der Waals surface area contributed by atoms with Gasteiger partial charge in [-0.1, -0.05) is 41.4 Å². The minimum atomic E-state index is 0.0567. The second kappa shape index (κ2) is 5.19. The maximum atomic E-state index is 6.19. The van der Waals surface area contributed by atoms with E-state index in [1.807, 2.05) is 42.8 Å². The third-order valence-electron chi connectivity index (χ3n) is 2.41. The Kier molecular flexibility index (Phi) is 3.87. The van der Waals surface area contributed by atoms with Crippen molar-refractivity contribution in [1.29, 1.82) is 0 Å². The van der Waals surface area contributed by atoms with Crippen molar-refractivity contribution in [2.75, 3.05) is 7.05 Å². The first kappa shape index (κ1) is 11.9. The summed E-state index contributed by atoms with van der Waals surface area (Å²) >= 11 is 14.0. The fourth-order valence-corrected chi connectivity index (χ4v) is 3.19. The largest absolute Gasteiger partial charge is 0.309 e. The highest BCUT2D eigenvalue weighted by atomic mass is 35.5. The van der Waals surface area contributed by atoms with Gasteiger partial charge in [-0.3, -0.25) is 0 Å². The lowest BCUT2D eigenvalue weighted by Crippen LogP contribution is -2.17. The molecule has 84 valence electrons. The first-order chi connectivity index (χ1) is 7.74. The summed E-state index contributed by atoms with van der Waals surface area (Å²) in [6.45, 7) is 0. The van der Waals surface area contributed by atoms with Crippen LogP contribution in [0.15, 0.2) is 35.7 Å². The van der Waals surface area contributed by atoms with Crippen molar-refractivity contribution in [3.05, 3.63) is 56.2 Å². The van der Waals surface area contributed by atoms with Crippen LogP contribution in [0.5, 0.6) is 0 Å². The summed E-state index contributed by atoms with van der Waals surface area (Å²) in [5.74, 6) is 0. The zero-order valence-corrected chi connectivity index (χ0v) is 11.0. The van der Waals surface area contributed by atoms with Gasteiger partial charge in [-0.15, -0.1) is 11.3 Å². The molecule has 0 aliphatic rings. The molecule has 1 unspecified atom stereocenters. The molecular weight excluding hydrogens is 261 g/mol. The van der Waals surface area contributed by atoms with Gasteiger partial charge in [0.2, 0.25) is 0 Å². The number of benzene rings is 1. The SMILES string of the molecule is CNC(c1ccccc1Cl)c1sccc1Cl. The fourth-order valence-electron chi connectivity index (χ4n) is 1.65. The molecule has 2 rings (SSSR count). The van der Waals surface area contributed by atoms with E-state index < -0.39 is 0 Å². The van der Waals surface area contributed by atoms with Gasteiger partial charge in [0.15, 0.2) is 0 Å². The van der Waals surface area contributed by atoms with E-state index in [4.69, 9.17) is 23.2 Å². The standard InChI is InChI=1S/C12H11Cl2NS/c1-15-11(12-10(14)6-7-16-12)8-4-2-3-5-9(8)13/h2-7,11,15H,1H3. The molecule has 1 atom stereocenters. The summed E-state index contributed by atoms with van der Waals surface area (Å²) in [5, 5.41) is 6.77. The lowest BCUT2D eigenvalue weighted by molar-refractivity contribution is 0.704. The Bertz CT molecular complexity index is 481. The molecule has 0 saturated carbocycles. The number of thiophene rings is 1. The van der Waals surface area contributed by atoms with E-state index in [1.54, 1.807) is 11.3 Å². The van der Waals surface area contributed by atoms with Crippen LogP contribution in [0, 0.1) is 0 Å². The number of halogens is 2. The van der Waals surface area contributed by atoms with E-state index in [2.05, 4.69) is 5.32 Å². The molecule has 1 N–H and O–H groups in total. The summed E-state index contributed by atoms with van der Waals surface area (Å²) in [7, 11) is 1.91. The van der Waals surface area contributed by atoms with Gasteiger partial charge in [0, 0.05) is 9.90 Å². The average Bonchev–Trinajstić information content (AvgIpc) is 2.69. The van der Waals surface area contributed by atoms with Crippen molar-refractivity contribution >= 4 is 34.5 Å². The van der Waals surface area contributed by atoms with Crippen molar-refractivity contribution < 1.29 is 0 Å². The summed E-state index contributed by atoms with van der Waals surface area (Å²) < 4.78 is 0. The maximum absolute atomic E-state index is 6.19. The van der Waals surface area contributed by atoms with Gasteiger partial charge in [-0.05, 0) is 30.1 Å². The van der Waals surface area contributed by atoms with Gasteiger partial charge in [0.05, 0.1) is 11.1 Å². The maximum Gasteiger partial charge on any atom is 0.0698 e. The molecule has 0 aliphatic carbocycles. The van der Waals surface area contributed by atoms with E-state index in [0.29, 0.717) is 0 Å². The van der Waals surface area contributed by atoms with E-state index in [1.165, 1.54) is 0 Å². The van der Waals surface area contributed by atoms with E-state index in [-0.39, 0.29) is 6.04 Å². The molecule has 2 aromatic rings. The normalized spacial score (nSPS) is 12.7. The Morgan fingerprint density at radius 1 is 1.12 bits per heavy atom. The Labute approximate surface area is 109 Å². The Morgan fingerprint density at radius 2 is 1.88 bits per heavy atom. The molecule has 0 aliphatic heterocycles. The Morgan fingerprint density at radius 3 is 2.44 bits per heavy atom. The zero-order chi connectivity index (χ0) is 11.5. The van der Waals surface area contributed by atoms with E-state index in [9.17, 15) is 0 Å². The number of hydrogen-bond acceptors (Lipinski definition) is 2. The molecule has 0 spiro atoms. The van der Waals surface area contributed by atoms with E-state index in [0.717, 1.165) is 20.5 Å². The van der Waals surface area contributed by atoms with Crippen LogP contribution in [0.2, 0.25) is 10.0 Å². The lowest BCUT2D eigenvalue weighted by atomic mass is 10.1. The monoisotopic (exact) mass is 271 g/mol. The second-order valence-corrected chi connectivity index (χ2v) is 5.14. The van der Waals surface area contributed by atoms with Crippen molar-refractivity contribution in [1.82, 2.24) is 5.32 Å². The van der Waals surface area contributed by atoms with Crippen LogP contribution in [0.25, 0.3) is 0 Å². The van der Waals surface area contributed by atoms with Crippen molar-refractivity contribution in [3.8, 4) is 0 Å². The summed E-state index contributed by atoms with van der Waals surface area (Å²) in [6.07, 6.45) is 0. The smallest absolute Gasteiger partial charge is 0.0698 e. The van der Waals surface area contributed by atoms with Gasteiger partial charge in [-0.25, -0.2) is 0 Å². The van der Waals surface area contributed by atoms with Crippen LogP contribution < -0.4 is 5.32 Å². The third-order valence-corrected chi connectivity index (χ3v) is 4.18. The topological polar surface area (TPSA) is 12.0 Å². The molecule has 16 heavy (non-hydrogen) atoms. The fraction of sp³-hybridized carbons (Fsp3) is 0.167. The van der Waals surface area contributed by atoms with E-state index >= 15 is 0 Å². The van der Waals surface area contributed by atoms with Gasteiger partial charge >= 0.3 is 0 Å². The Balaban J connectivity index is 2.45.